The van der Waals surface area contributed by atoms with Gasteiger partial charge in [-0.15, -0.1) is 0 Å². The molecule has 0 aromatic carbocycles. The molecule has 4 nitrogen and oxygen atoms in total. The average Bonchev–Trinajstić information content (AvgIpc) is 2.39. The zero-order valence-electron chi connectivity index (χ0n) is 13.8. The smallest absolute Gasteiger partial charge is 0.219 e. The predicted molar refractivity (Wildman–Crippen MR) is 84.5 cm³/mol. The first-order valence-corrected chi connectivity index (χ1v) is 8.21. The molecule has 20 heavy (non-hydrogen) atoms. The van der Waals surface area contributed by atoms with Gasteiger partial charge in [-0.1, -0.05) is 39.0 Å². The lowest BCUT2D eigenvalue weighted by Crippen LogP contribution is -2.43. The number of carbonyl (C=O) groups is 1. The van der Waals surface area contributed by atoms with Crippen molar-refractivity contribution in [3.63, 3.8) is 0 Å². The molecule has 0 bridgehead atoms. The standard InChI is InChI=1S/C16H34N2O2/c1-4-5-6-7-8-9-11-16(20)17-12-10-13-18(2,3)14-15-19/h19H,4-15H2,1-3H3/p+1. The summed E-state index contributed by atoms with van der Waals surface area (Å²) in [7, 11) is 4.21. The van der Waals surface area contributed by atoms with Gasteiger partial charge >= 0.3 is 0 Å². The normalized spacial score (nSPS) is 11.6. The fraction of sp³-hybridized carbons (Fsp3) is 0.938. The van der Waals surface area contributed by atoms with Crippen LogP contribution in [0.25, 0.3) is 0 Å². The van der Waals surface area contributed by atoms with Crippen molar-refractivity contribution >= 4 is 5.91 Å². The SMILES string of the molecule is CCCCCCCCC(=O)NCCC[N+](C)(C)CCO. The van der Waals surface area contributed by atoms with E-state index < -0.39 is 0 Å². The summed E-state index contributed by atoms with van der Waals surface area (Å²) < 4.78 is 0.809. The van der Waals surface area contributed by atoms with Crippen LogP contribution in [0.15, 0.2) is 0 Å². The van der Waals surface area contributed by atoms with Crippen molar-refractivity contribution in [2.45, 2.75) is 58.3 Å². The van der Waals surface area contributed by atoms with E-state index in [1.807, 2.05) is 0 Å². The van der Waals surface area contributed by atoms with E-state index in [1.165, 1.54) is 32.1 Å². The molecule has 0 aromatic heterocycles. The Kier molecular flexibility index (Phi) is 11.8. The summed E-state index contributed by atoms with van der Waals surface area (Å²) in [5, 5.41) is 11.9. The number of rotatable bonds is 13. The van der Waals surface area contributed by atoms with Crippen LogP contribution < -0.4 is 5.32 Å². The van der Waals surface area contributed by atoms with E-state index in [2.05, 4.69) is 26.3 Å². The molecule has 0 atom stereocenters. The summed E-state index contributed by atoms with van der Waals surface area (Å²) in [5.74, 6) is 0.188. The lowest BCUT2D eigenvalue weighted by molar-refractivity contribution is -0.890. The van der Waals surface area contributed by atoms with Crippen LogP contribution in [0.5, 0.6) is 0 Å². The van der Waals surface area contributed by atoms with Gasteiger partial charge in [-0.2, -0.15) is 0 Å². The number of hydrogen-bond acceptors (Lipinski definition) is 2. The Bertz CT molecular complexity index is 243. The zero-order chi connectivity index (χ0) is 15.3. The highest BCUT2D eigenvalue weighted by Crippen LogP contribution is 2.06. The lowest BCUT2D eigenvalue weighted by Gasteiger charge is -2.28. The van der Waals surface area contributed by atoms with Gasteiger partial charge in [0.25, 0.3) is 0 Å². The van der Waals surface area contributed by atoms with Crippen molar-refractivity contribution < 1.29 is 14.4 Å². The third kappa shape index (κ3) is 12.4. The van der Waals surface area contributed by atoms with Gasteiger partial charge in [0, 0.05) is 19.4 Å². The summed E-state index contributed by atoms with van der Waals surface area (Å²) in [6.45, 7) is 4.94. The predicted octanol–water partition coefficient (Wildman–Crippen LogP) is 2.31. The number of aliphatic hydroxyl groups is 1. The number of likely N-dealkylation sites (N-methyl/N-ethyl adjacent to an activating group) is 1. The number of nitrogens with one attached hydrogen (secondary N) is 1. The van der Waals surface area contributed by atoms with Crippen molar-refractivity contribution in [2.75, 3.05) is 40.3 Å². The van der Waals surface area contributed by atoms with Crippen LogP contribution >= 0.6 is 0 Å². The number of aliphatic hydroxyl groups excluding tert-OH is 1. The van der Waals surface area contributed by atoms with Crippen LogP contribution in [0.1, 0.15) is 58.3 Å². The molecule has 120 valence electrons. The van der Waals surface area contributed by atoms with Crippen molar-refractivity contribution in [1.82, 2.24) is 5.32 Å². The molecule has 2 N–H and O–H groups in total. The second kappa shape index (κ2) is 12.2. The van der Waals surface area contributed by atoms with Crippen LogP contribution in [-0.2, 0) is 4.79 Å². The molecule has 0 aliphatic rings. The van der Waals surface area contributed by atoms with Gasteiger partial charge in [-0.05, 0) is 6.42 Å². The molecular weight excluding hydrogens is 252 g/mol. The maximum Gasteiger partial charge on any atom is 0.219 e. The first kappa shape index (κ1) is 19.4. The van der Waals surface area contributed by atoms with Crippen LogP contribution in [-0.4, -0.2) is 55.8 Å². The fourth-order valence-corrected chi connectivity index (χ4v) is 2.27. The Morgan fingerprint density at radius 2 is 1.65 bits per heavy atom. The molecule has 0 rings (SSSR count). The van der Waals surface area contributed by atoms with Crippen molar-refractivity contribution in [1.29, 1.82) is 0 Å². The minimum atomic E-state index is 0.188. The Morgan fingerprint density at radius 1 is 1.00 bits per heavy atom. The van der Waals surface area contributed by atoms with E-state index in [-0.39, 0.29) is 12.5 Å². The third-order valence-corrected chi connectivity index (χ3v) is 3.73. The number of quaternary nitrogens is 1. The Labute approximate surface area is 125 Å². The van der Waals surface area contributed by atoms with E-state index in [4.69, 9.17) is 5.11 Å². The van der Waals surface area contributed by atoms with E-state index in [0.29, 0.717) is 6.42 Å². The zero-order valence-corrected chi connectivity index (χ0v) is 13.8. The highest BCUT2D eigenvalue weighted by atomic mass is 16.3. The number of hydrogen-bond donors (Lipinski definition) is 2. The molecular formula is C16H35N2O2+. The van der Waals surface area contributed by atoms with Crippen molar-refractivity contribution in [2.24, 2.45) is 0 Å². The average molecular weight is 287 g/mol. The maximum atomic E-state index is 11.6. The summed E-state index contributed by atoms with van der Waals surface area (Å²) in [6, 6.07) is 0. The minimum absolute atomic E-state index is 0.188. The van der Waals surface area contributed by atoms with E-state index in [9.17, 15) is 4.79 Å². The molecule has 1 amide bonds. The number of amides is 1. The highest BCUT2D eigenvalue weighted by molar-refractivity contribution is 5.75. The van der Waals surface area contributed by atoms with Gasteiger partial charge in [0.05, 0.1) is 27.2 Å². The summed E-state index contributed by atoms with van der Waals surface area (Å²) in [4.78, 5) is 11.6. The second-order valence-corrected chi connectivity index (χ2v) is 6.33. The molecule has 0 fully saturated rings. The molecule has 0 saturated carbocycles. The summed E-state index contributed by atoms with van der Waals surface area (Å²) in [6.07, 6.45) is 8.97. The molecule has 0 aliphatic heterocycles. The van der Waals surface area contributed by atoms with Gasteiger partial charge in [0.15, 0.2) is 0 Å². The summed E-state index contributed by atoms with van der Waals surface area (Å²) >= 11 is 0. The fourth-order valence-electron chi connectivity index (χ4n) is 2.27. The molecule has 0 heterocycles. The molecule has 0 radical (unpaired) electrons. The first-order valence-electron chi connectivity index (χ1n) is 8.21. The molecule has 0 aromatic rings. The summed E-state index contributed by atoms with van der Waals surface area (Å²) in [5.41, 5.74) is 0. The van der Waals surface area contributed by atoms with Gasteiger partial charge in [-0.25, -0.2) is 0 Å². The molecule has 0 aliphatic carbocycles. The van der Waals surface area contributed by atoms with Crippen molar-refractivity contribution in [3.8, 4) is 0 Å². The van der Waals surface area contributed by atoms with E-state index >= 15 is 0 Å². The molecule has 0 spiro atoms. The Morgan fingerprint density at radius 3 is 2.30 bits per heavy atom. The molecule has 0 saturated heterocycles. The number of unbranched alkanes of at least 4 members (excludes halogenated alkanes) is 5. The number of nitrogens with zero attached hydrogens (tertiary/aromatic N) is 1. The lowest BCUT2D eigenvalue weighted by atomic mass is 10.1. The van der Waals surface area contributed by atoms with E-state index in [0.717, 1.165) is 37.0 Å². The monoisotopic (exact) mass is 287 g/mol. The van der Waals surface area contributed by atoms with Gasteiger partial charge < -0.3 is 14.9 Å². The van der Waals surface area contributed by atoms with Crippen molar-refractivity contribution in [3.05, 3.63) is 0 Å². The van der Waals surface area contributed by atoms with Crippen LogP contribution in [0, 0.1) is 0 Å². The van der Waals surface area contributed by atoms with Crippen LogP contribution in [0.2, 0.25) is 0 Å². The van der Waals surface area contributed by atoms with Gasteiger partial charge in [-0.3, -0.25) is 4.79 Å². The first-order chi connectivity index (χ1) is 9.52. The molecule has 4 heteroatoms. The minimum Gasteiger partial charge on any atom is -0.391 e. The highest BCUT2D eigenvalue weighted by Gasteiger charge is 2.13. The molecule has 0 unspecified atom stereocenters. The van der Waals surface area contributed by atoms with Gasteiger partial charge in [0.2, 0.25) is 5.91 Å². The topological polar surface area (TPSA) is 49.3 Å². The largest absolute Gasteiger partial charge is 0.391 e. The maximum absolute atomic E-state index is 11.6. The van der Waals surface area contributed by atoms with Gasteiger partial charge in [0.1, 0.15) is 6.54 Å². The Hall–Kier alpha value is -0.610. The van der Waals surface area contributed by atoms with Crippen LogP contribution in [0.4, 0.5) is 0 Å². The number of carbonyl (C=O) groups excluding carboxylic acids is 1. The van der Waals surface area contributed by atoms with Crippen LogP contribution in [0.3, 0.4) is 0 Å². The van der Waals surface area contributed by atoms with E-state index in [1.54, 1.807) is 0 Å². The quantitative estimate of drug-likeness (QED) is 0.403. The Balaban J connectivity index is 3.41. The third-order valence-electron chi connectivity index (χ3n) is 3.73. The second-order valence-electron chi connectivity index (χ2n) is 6.33.